The van der Waals surface area contributed by atoms with Crippen LogP contribution in [0.4, 0.5) is 0 Å². The van der Waals surface area contributed by atoms with Gasteiger partial charge in [-0.1, -0.05) is 22.0 Å². The van der Waals surface area contributed by atoms with Gasteiger partial charge in [0.05, 0.1) is 0 Å². The number of rotatable bonds is 2. The molecule has 1 saturated heterocycles. The SMILES string of the molecule is Cc1ccc(Br)c(C)c1CN1CCNCC1. The van der Waals surface area contributed by atoms with Crippen LogP contribution in [-0.2, 0) is 6.54 Å². The van der Waals surface area contributed by atoms with Crippen molar-refractivity contribution in [3.63, 3.8) is 0 Å². The first-order valence-corrected chi connectivity index (χ1v) is 6.65. The van der Waals surface area contributed by atoms with Gasteiger partial charge in [-0.05, 0) is 36.6 Å². The minimum atomic E-state index is 1.08. The summed E-state index contributed by atoms with van der Waals surface area (Å²) < 4.78 is 1.23. The summed E-state index contributed by atoms with van der Waals surface area (Å²) in [7, 11) is 0. The fourth-order valence-corrected chi connectivity index (χ4v) is 2.57. The molecule has 0 amide bonds. The first-order chi connectivity index (χ1) is 7.68. The minimum absolute atomic E-state index is 1.08. The van der Waals surface area contributed by atoms with Crippen LogP contribution in [0.15, 0.2) is 16.6 Å². The first-order valence-electron chi connectivity index (χ1n) is 5.86. The van der Waals surface area contributed by atoms with E-state index in [1.54, 1.807) is 0 Å². The quantitative estimate of drug-likeness (QED) is 0.897. The van der Waals surface area contributed by atoms with Crippen LogP contribution in [-0.4, -0.2) is 31.1 Å². The molecular weight excluding hydrogens is 264 g/mol. The largest absolute Gasteiger partial charge is 0.314 e. The minimum Gasteiger partial charge on any atom is -0.314 e. The fourth-order valence-electron chi connectivity index (χ4n) is 2.20. The van der Waals surface area contributed by atoms with Gasteiger partial charge in [0.25, 0.3) is 0 Å². The van der Waals surface area contributed by atoms with E-state index in [-0.39, 0.29) is 0 Å². The topological polar surface area (TPSA) is 15.3 Å². The Morgan fingerprint density at radius 2 is 1.94 bits per heavy atom. The van der Waals surface area contributed by atoms with Crippen molar-refractivity contribution in [3.05, 3.63) is 33.3 Å². The Morgan fingerprint density at radius 1 is 1.25 bits per heavy atom. The van der Waals surface area contributed by atoms with E-state index in [1.165, 1.54) is 21.2 Å². The number of nitrogens with zero attached hydrogens (tertiary/aromatic N) is 1. The highest BCUT2D eigenvalue weighted by Crippen LogP contribution is 2.24. The molecule has 88 valence electrons. The maximum atomic E-state index is 3.61. The molecule has 1 aliphatic heterocycles. The third kappa shape index (κ3) is 2.65. The summed E-state index contributed by atoms with van der Waals surface area (Å²) in [4.78, 5) is 2.53. The van der Waals surface area contributed by atoms with E-state index >= 15 is 0 Å². The lowest BCUT2D eigenvalue weighted by Gasteiger charge is -2.28. The molecule has 2 rings (SSSR count). The molecular formula is C13H19BrN2. The van der Waals surface area contributed by atoms with Gasteiger partial charge in [0, 0.05) is 37.2 Å². The van der Waals surface area contributed by atoms with Crippen LogP contribution in [0.3, 0.4) is 0 Å². The van der Waals surface area contributed by atoms with Gasteiger partial charge in [-0.3, -0.25) is 4.90 Å². The van der Waals surface area contributed by atoms with Crippen molar-refractivity contribution in [2.24, 2.45) is 0 Å². The Hall–Kier alpha value is -0.380. The van der Waals surface area contributed by atoms with Crippen molar-refractivity contribution in [1.82, 2.24) is 10.2 Å². The molecule has 2 nitrogen and oxygen atoms in total. The van der Waals surface area contributed by atoms with Crippen LogP contribution >= 0.6 is 15.9 Å². The molecule has 1 aromatic carbocycles. The second kappa shape index (κ2) is 5.30. The van der Waals surface area contributed by atoms with Gasteiger partial charge >= 0.3 is 0 Å². The second-order valence-corrected chi connectivity index (χ2v) is 5.35. The van der Waals surface area contributed by atoms with Gasteiger partial charge in [0.1, 0.15) is 0 Å². The van der Waals surface area contributed by atoms with Gasteiger partial charge in [0.2, 0.25) is 0 Å². The monoisotopic (exact) mass is 282 g/mol. The molecule has 1 fully saturated rings. The van der Waals surface area contributed by atoms with Gasteiger partial charge < -0.3 is 5.32 Å². The Balaban J connectivity index is 2.16. The predicted octanol–water partition coefficient (Wildman–Crippen LogP) is 2.47. The molecule has 0 saturated carbocycles. The fraction of sp³-hybridized carbons (Fsp3) is 0.538. The summed E-state index contributed by atoms with van der Waals surface area (Å²) in [5.41, 5.74) is 4.27. The van der Waals surface area contributed by atoms with Crippen LogP contribution in [0.2, 0.25) is 0 Å². The van der Waals surface area contributed by atoms with Crippen molar-refractivity contribution >= 4 is 15.9 Å². The zero-order valence-electron chi connectivity index (χ0n) is 10.0. The highest BCUT2D eigenvalue weighted by atomic mass is 79.9. The lowest BCUT2D eigenvalue weighted by molar-refractivity contribution is 0.232. The lowest BCUT2D eigenvalue weighted by Crippen LogP contribution is -2.43. The molecule has 0 aromatic heterocycles. The number of benzene rings is 1. The molecule has 0 unspecified atom stereocenters. The van der Waals surface area contributed by atoms with Gasteiger partial charge in [-0.25, -0.2) is 0 Å². The average Bonchev–Trinajstić information content (AvgIpc) is 2.31. The highest BCUT2D eigenvalue weighted by Gasteiger charge is 2.13. The summed E-state index contributed by atoms with van der Waals surface area (Å²) >= 11 is 3.61. The summed E-state index contributed by atoms with van der Waals surface area (Å²) in [5, 5.41) is 3.39. The van der Waals surface area contributed by atoms with Crippen molar-refractivity contribution in [2.45, 2.75) is 20.4 Å². The smallest absolute Gasteiger partial charge is 0.0240 e. The van der Waals surface area contributed by atoms with Crippen LogP contribution in [0.1, 0.15) is 16.7 Å². The van der Waals surface area contributed by atoms with Crippen LogP contribution in [0, 0.1) is 13.8 Å². The molecule has 0 radical (unpaired) electrons. The molecule has 1 aliphatic rings. The second-order valence-electron chi connectivity index (χ2n) is 4.49. The normalized spacial score (nSPS) is 17.7. The van der Waals surface area contributed by atoms with Crippen LogP contribution < -0.4 is 5.32 Å². The molecule has 0 atom stereocenters. The molecule has 1 heterocycles. The third-order valence-corrected chi connectivity index (χ3v) is 4.22. The third-order valence-electron chi connectivity index (χ3n) is 3.36. The van der Waals surface area contributed by atoms with Crippen molar-refractivity contribution in [3.8, 4) is 0 Å². The number of halogens is 1. The van der Waals surface area contributed by atoms with Crippen molar-refractivity contribution in [1.29, 1.82) is 0 Å². The number of nitrogens with one attached hydrogen (secondary N) is 1. The van der Waals surface area contributed by atoms with Gasteiger partial charge in [-0.2, -0.15) is 0 Å². The summed E-state index contributed by atoms with van der Waals surface area (Å²) in [6.45, 7) is 10.0. The average molecular weight is 283 g/mol. The van der Waals surface area contributed by atoms with E-state index in [1.807, 2.05) is 0 Å². The molecule has 16 heavy (non-hydrogen) atoms. The highest BCUT2D eigenvalue weighted by molar-refractivity contribution is 9.10. The molecule has 0 spiro atoms. The molecule has 1 aromatic rings. The number of hydrogen-bond donors (Lipinski definition) is 1. The number of hydrogen-bond acceptors (Lipinski definition) is 2. The lowest BCUT2D eigenvalue weighted by atomic mass is 10.0. The number of aryl methyl sites for hydroxylation is 1. The van der Waals surface area contributed by atoms with E-state index in [0.29, 0.717) is 0 Å². The standard InChI is InChI=1S/C13H19BrN2/c1-10-3-4-13(14)11(2)12(10)9-16-7-5-15-6-8-16/h3-4,15H,5-9H2,1-2H3. The van der Waals surface area contributed by atoms with E-state index in [0.717, 1.165) is 32.7 Å². The predicted molar refractivity (Wildman–Crippen MR) is 71.8 cm³/mol. The number of piperazine rings is 1. The molecule has 0 aliphatic carbocycles. The van der Waals surface area contributed by atoms with Crippen molar-refractivity contribution < 1.29 is 0 Å². The zero-order chi connectivity index (χ0) is 11.5. The first kappa shape index (κ1) is 12.1. The van der Waals surface area contributed by atoms with Crippen LogP contribution in [0.25, 0.3) is 0 Å². The van der Waals surface area contributed by atoms with E-state index in [9.17, 15) is 0 Å². The zero-order valence-corrected chi connectivity index (χ0v) is 11.6. The van der Waals surface area contributed by atoms with Crippen molar-refractivity contribution in [2.75, 3.05) is 26.2 Å². The summed E-state index contributed by atoms with van der Waals surface area (Å²) in [6.07, 6.45) is 0. The van der Waals surface area contributed by atoms with Crippen LogP contribution in [0.5, 0.6) is 0 Å². The molecule has 0 bridgehead atoms. The van der Waals surface area contributed by atoms with E-state index < -0.39 is 0 Å². The Bertz CT molecular complexity index is 370. The maximum absolute atomic E-state index is 3.61. The van der Waals surface area contributed by atoms with Gasteiger partial charge in [-0.15, -0.1) is 0 Å². The van der Waals surface area contributed by atoms with E-state index in [4.69, 9.17) is 0 Å². The summed E-state index contributed by atoms with van der Waals surface area (Å²) in [5.74, 6) is 0. The maximum Gasteiger partial charge on any atom is 0.0240 e. The Kier molecular flexibility index (Phi) is 4.00. The molecule has 3 heteroatoms. The Labute approximate surface area is 106 Å². The van der Waals surface area contributed by atoms with E-state index in [2.05, 4.69) is 52.1 Å². The van der Waals surface area contributed by atoms with Gasteiger partial charge in [0.15, 0.2) is 0 Å². The Morgan fingerprint density at radius 3 is 2.62 bits per heavy atom. The summed E-state index contributed by atoms with van der Waals surface area (Å²) in [6, 6.07) is 4.35. The molecule has 1 N–H and O–H groups in total.